The van der Waals surface area contributed by atoms with Crippen molar-refractivity contribution in [1.82, 2.24) is 0 Å². The predicted molar refractivity (Wildman–Crippen MR) is 198 cm³/mol. The van der Waals surface area contributed by atoms with E-state index >= 15 is 0 Å². The van der Waals surface area contributed by atoms with E-state index in [1.54, 1.807) is 14.2 Å². The van der Waals surface area contributed by atoms with E-state index in [9.17, 15) is 0 Å². The van der Waals surface area contributed by atoms with Crippen LogP contribution in [0.5, 0.6) is 17.2 Å². The molecule has 0 saturated heterocycles. The van der Waals surface area contributed by atoms with Gasteiger partial charge in [-0.15, -0.1) is 23.2 Å². The fourth-order valence-corrected chi connectivity index (χ4v) is 4.48. The Kier molecular flexibility index (Phi) is 20.2. The lowest BCUT2D eigenvalue weighted by molar-refractivity contribution is 0.291. The Morgan fingerprint density at radius 1 is 0.933 bits per heavy atom. The van der Waals surface area contributed by atoms with Gasteiger partial charge < -0.3 is 14.2 Å². The third-order valence-electron chi connectivity index (χ3n) is 5.76. The molecule has 1 heterocycles. The van der Waals surface area contributed by atoms with Crippen molar-refractivity contribution in [3.05, 3.63) is 97.4 Å². The Morgan fingerprint density at radius 2 is 1.40 bits per heavy atom. The van der Waals surface area contributed by atoms with Gasteiger partial charge in [-0.05, 0) is 67.6 Å². The van der Waals surface area contributed by atoms with Gasteiger partial charge in [0.15, 0.2) is 0 Å². The standard InChI is InChI=1S/C11H14BrClO.C10H11BrO.C7H7BrO.C4H7Cl.H2O4S/c1-11(2,7-13)9-6-8(12)4-5-10(9)14-3;1-10(2)6-12-9-4-3-7(11)5-8(9)10;1-9-7-4-2-6(8)3-5-7;1-4(2)3-5;1-5(2,3)4/h4-6H,7H2,1-3H3;3-5H,6H2,1-2H3;2-5H,1H3;1,3H2,2H3;(H2,1,2,3,4). The van der Waals surface area contributed by atoms with Crippen LogP contribution in [0.25, 0.3) is 0 Å². The summed E-state index contributed by atoms with van der Waals surface area (Å²) in [6, 6.07) is 19.9. The molecule has 0 spiro atoms. The van der Waals surface area contributed by atoms with Crippen molar-refractivity contribution in [1.29, 1.82) is 0 Å². The molecule has 4 rings (SSSR count). The molecule has 0 amide bonds. The van der Waals surface area contributed by atoms with E-state index in [-0.39, 0.29) is 10.8 Å². The van der Waals surface area contributed by atoms with Gasteiger partial charge in [0.05, 0.1) is 20.8 Å². The second-order valence-corrected chi connectivity index (χ2v) is 15.0. The normalized spacial score (nSPS) is 12.5. The molecule has 0 unspecified atom stereocenters. The Morgan fingerprint density at radius 3 is 1.84 bits per heavy atom. The first kappa shape index (κ1) is 43.7. The second kappa shape index (κ2) is 20.8. The highest BCUT2D eigenvalue weighted by molar-refractivity contribution is 9.11. The summed E-state index contributed by atoms with van der Waals surface area (Å²) in [7, 11) is -1.33. The molecular formula is C32H41Br3Cl2O7S. The zero-order valence-corrected chi connectivity index (χ0v) is 33.4. The van der Waals surface area contributed by atoms with Crippen LogP contribution in [0.2, 0.25) is 0 Å². The maximum Gasteiger partial charge on any atom is 0.394 e. The van der Waals surface area contributed by atoms with Crippen molar-refractivity contribution >= 4 is 81.4 Å². The molecule has 3 aromatic carbocycles. The minimum absolute atomic E-state index is 0.0727. The molecule has 0 aromatic heterocycles. The molecule has 2 N–H and O–H groups in total. The van der Waals surface area contributed by atoms with Gasteiger partial charge in [-0.25, -0.2) is 0 Å². The minimum Gasteiger partial charge on any atom is -0.497 e. The van der Waals surface area contributed by atoms with Crippen LogP contribution in [0.15, 0.2) is 86.2 Å². The quantitative estimate of drug-likeness (QED) is 0.149. The summed E-state index contributed by atoms with van der Waals surface area (Å²) >= 11 is 21.4. The lowest BCUT2D eigenvalue weighted by atomic mass is 9.86. The van der Waals surface area contributed by atoms with Gasteiger partial charge in [-0.3, -0.25) is 9.11 Å². The first-order chi connectivity index (χ1) is 20.7. The van der Waals surface area contributed by atoms with Crippen LogP contribution >= 0.6 is 71.0 Å². The smallest absolute Gasteiger partial charge is 0.394 e. The van der Waals surface area contributed by atoms with Gasteiger partial charge in [-0.2, -0.15) is 8.42 Å². The summed E-state index contributed by atoms with van der Waals surface area (Å²) in [5.41, 5.74) is 3.54. The maximum absolute atomic E-state index is 8.74. The van der Waals surface area contributed by atoms with Crippen LogP contribution in [-0.4, -0.2) is 50.1 Å². The van der Waals surface area contributed by atoms with Crippen molar-refractivity contribution in [3.63, 3.8) is 0 Å². The first-order valence-electron chi connectivity index (χ1n) is 13.2. The van der Waals surface area contributed by atoms with E-state index in [1.807, 2.05) is 55.5 Å². The highest BCUT2D eigenvalue weighted by atomic mass is 79.9. The highest BCUT2D eigenvalue weighted by Crippen LogP contribution is 2.39. The molecule has 3 aromatic rings. The average molecular weight is 880 g/mol. The topological polar surface area (TPSA) is 102 Å². The minimum atomic E-state index is -4.67. The number of ether oxygens (including phenoxy) is 3. The van der Waals surface area contributed by atoms with Crippen LogP contribution in [0.4, 0.5) is 0 Å². The number of hydrogen-bond acceptors (Lipinski definition) is 5. The molecular weight excluding hydrogens is 839 g/mol. The van der Waals surface area contributed by atoms with Gasteiger partial charge in [0, 0.05) is 47.1 Å². The number of methoxy groups -OCH3 is 2. The van der Waals surface area contributed by atoms with Crippen molar-refractivity contribution in [2.75, 3.05) is 32.6 Å². The molecule has 0 atom stereocenters. The summed E-state index contributed by atoms with van der Waals surface area (Å²) in [6.07, 6.45) is 0. The lowest BCUT2D eigenvalue weighted by Gasteiger charge is -2.24. The van der Waals surface area contributed by atoms with E-state index < -0.39 is 10.4 Å². The average Bonchev–Trinajstić information content (AvgIpc) is 3.27. The second-order valence-electron chi connectivity index (χ2n) is 10.9. The third-order valence-corrected chi connectivity index (χ3v) is 8.40. The molecule has 0 fully saturated rings. The van der Waals surface area contributed by atoms with Crippen LogP contribution in [-0.2, 0) is 21.2 Å². The Labute approximate surface area is 303 Å². The van der Waals surface area contributed by atoms with Gasteiger partial charge >= 0.3 is 10.4 Å². The molecule has 0 saturated carbocycles. The van der Waals surface area contributed by atoms with Crippen molar-refractivity contribution in [2.24, 2.45) is 0 Å². The zero-order chi connectivity index (χ0) is 35.0. The SMILES string of the molecule is C=C(C)CCl.CC1(C)COc2ccc(Br)cc21.COc1ccc(Br)cc1.COc1ccc(Br)cc1C(C)(C)CCl.O=S(=O)(O)O. The molecule has 45 heavy (non-hydrogen) atoms. The molecule has 13 heteroatoms. The Bertz CT molecular complexity index is 1440. The summed E-state index contributed by atoms with van der Waals surface area (Å²) in [5, 5.41) is 0. The van der Waals surface area contributed by atoms with Gasteiger partial charge in [0.1, 0.15) is 17.2 Å². The van der Waals surface area contributed by atoms with Crippen LogP contribution in [0.1, 0.15) is 45.7 Å². The zero-order valence-electron chi connectivity index (χ0n) is 26.3. The summed E-state index contributed by atoms with van der Waals surface area (Å²) in [6.45, 7) is 14.8. The Hall–Kier alpha value is -1.31. The van der Waals surface area contributed by atoms with E-state index in [2.05, 4.69) is 94.2 Å². The first-order valence-corrected chi connectivity index (χ1v) is 18.1. The van der Waals surface area contributed by atoms with Crippen molar-refractivity contribution in [2.45, 2.75) is 45.4 Å². The predicted octanol–water partition coefficient (Wildman–Crippen LogP) is 10.7. The number of rotatable bonds is 5. The van der Waals surface area contributed by atoms with Crippen molar-refractivity contribution < 1.29 is 31.7 Å². The largest absolute Gasteiger partial charge is 0.497 e. The number of hydrogen-bond donors (Lipinski definition) is 2. The third kappa shape index (κ3) is 18.6. The maximum atomic E-state index is 8.74. The fourth-order valence-electron chi connectivity index (χ4n) is 3.34. The van der Waals surface area contributed by atoms with E-state index in [0.717, 1.165) is 48.4 Å². The lowest BCUT2D eigenvalue weighted by Crippen LogP contribution is -2.20. The van der Waals surface area contributed by atoms with E-state index in [4.69, 9.17) is 54.9 Å². The number of fused-ring (bicyclic) bond motifs is 1. The number of alkyl halides is 2. The van der Waals surface area contributed by atoms with Crippen molar-refractivity contribution in [3.8, 4) is 17.2 Å². The van der Waals surface area contributed by atoms with Crippen LogP contribution in [0.3, 0.4) is 0 Å². The molecule has 7 nitrogen and oxygen atoms in total. The van der Waals surface area contributed by atoms with E-state index in [0.29, 0.717) is 11.8 Å². The molecule has 0 bridgehead atoms. The summed E-state index contributed by atoms with van der Waals surface area (Å²) < 4.78 is 50.6. The number of benzene rings is 3. The molecule has 1 aliphatic heterocycles. The molecule has 1 aliphatic rings. The number of halogens is 5. The fraction of sp³-hybridized carbons (Fsp3) is 0.375. The van der Waals surface area contributed by atoms with Gasteiger partial charge in [0.2, 0.25) is 0 Å². The van der Waals surface area contributed by atoms with Gasteiger partial charge in [0.25, 0.3) is 0 Å². The van der Waals surface area contributed by atoms with Crippen LogP contribution < -0.4 is 14.2 Å². The highest BCUT2D eigenvalue weighted by Gasteiger charge is 2.31. The molecule has 0 aliphatic carbocycles. The molecule has 0 radical (unpaired) electrons. The van der Waals surface area contributed by atoms with E-state index in [1.165, 1.54) is 5.56 Å². The van der Waals surface area contributed by atoms with Gasteiger partial charge in [-0.1, -0.05) is 87.6 Å². The monoisotopic (exact) mass is 876 g/mol. The van der Waals surface area contributed by atoms with Crippen LogP contribution in [0, 0.1) is 0 Å². The summed E-state index contributed by atoms with van der Waals surface area (Å²) in [5.74, 6) is 3.96. The number of allylic oxidation sites excluding steroid dienone is 1. The summed E-state index contributed by atoms with van der Waals surface area (Å²) in [4.78, 5) is 0. The molecule has 252 valence electrons. The Balaban J connectivity index is 0.000000570.